The van der Waals surface area contributed by atoms with Crippen LogP contribution in [0.25, 0.3) is 0 Å². The number of hydrogen-bond donors (Lipinski definition) is 1. The number of carbonyl (C=O) groups excluding carboxylic acids is 1. The van der Waals surface area contributed by atoms with Crippen molar-refractivity contribution in [2.24, 2.45) is 0 Å². The molecule has 1 aliphatic heterocycles. The van der Waals surface area contributed by atoms with Crippen molar-refractivity contribution in [2.45, 2.75) is 26.2 Å². The van der Waals surface area contributed by atoms with E-state index in [2.05, 4.69) is 11.0 Å². The molecule has 2 heterocycles. The van der Waals surface area contributed by atoms with Crippen molar-refractivity contribution in [3.05, 3.63) is 10.4 Å². The lowest BCUT2D eigenvalue weighted by molar-refractivity contribution is 0.102. The van der Waals surface area contributed by atoms with Gasteiger partial charge in [-0.15, -0.1) is 11.3 Å². The summed E-state index contributed by atoms with van der Waals surface area (Å²) in [6, 6.07) is 2.13. The standard InChI is InChI=1S/C12H15N3OS/c1-8(16)11-10(14)9(7-13)12(17-11)15-5-3-2-4-6-15/h2-6,14H2,1H3. The molecule has 0 aromatic carbocycles. The van der Waals surface area contributed by atoms with E-state index in [0.29, 0.717) is 16.1 Å². The fourth-order valence-electron chi connectivity index (χ4n) is 2.12. The first-order valence-electron chi connectivity index (χ1n) is 5.73. The Morgan fingerprint density at radius 2 is 2.06 bits per heavy atom. The van der Waals surface area contributed by atoms with Crippen LogP contribution in [0.15, 0.2) is 0 Å². The topological polar surface area (TPSA) is 70.1 Å². The second kappa shape index (κ2) is 4.76. The van der Waals surface area contributed by atoms with E-state index in [1.165, 1.54) is 24.7 Å². The molecule has 0 atom stereocenters. The molecule has 1 aromatic rings. The smallest absolute Gasteiger partial charge is 0.171 e. The predicted molar refractivity (Wildman–Crippen MR) is 69.5 cm³/mol. The second-order valence-corrected chi connectivity index (χ2v) is 5.24. The van der Waals surface area contributed by atoms with Crippen LogP contribution < -0.4 is 10.6 Å². The third-order valence-corrected chi connectivity index (χ3v) is 4.37. The molecule has 0 aliphatic carbocycles. The van der Waals surface area contributed by atoms with Crippen molar-refractivity contribution in [1.82, 2.24) is 0 Å². The Labute approximate surface area is 105 Å². The fourth-order valence-corrected chi connectivity index (χ4v) is 3.24. The molecule has 0 bridgehead atoms. The van der Waals surface area contributed by atoms with Crippen LogP contribution in [0.2, 0.25) is 0 Å². The first kappa shape index (κ1) is 11.9. The van der Waals surface area contributed by atoms with Gasteiger partial charge in [0.2, 0.25) is 0 Å². The predicted octanol–water partition coefficient (Wildman–Crippen LogP) is 2.39. The third kappa shape index (κ3) is 2.13. The molecule has 5 heteroatoms. The van der Waals surface area contributed by atoms with Gasteiger partial charge in [-0.05, 0) is 19.3 Å². The number of ketones is 1. The largest absolute Gasteiger partial charge is 0.396 e. The van der Waals surface area contributed by atoms with Crippen molar-refractivity contribution in [3.63, 3.8) is 0 Å². The van der Waals surface area contributed by atoms with Crippen molar-refractivity contribution in [1.29, 1.82) is 5.26 Å². The lowest BCUT2D eigenvalue weighted by Gasteiger charge is -2.27. The van der Waals surface area contributed by atoms with Crippen LogP contribution in [0.5, 0.6) is 0 Å². The highest BCUT2D eigenvalue weighted by Crippen LogP contribution is 2.38. The van der Waals surface area contributed by atoms with Gasteiger partial charge >= 0.3 is 0 Å². The van der Waals surface area contributed by atoms with E-state index in [4.69, 9.17) is 11.0 Å². The quantitative estimate of drug-likeness (QED) is 0.817. The van der Waals surface area contributed by atoms with Gasteiger partial charge in [-0.1, -0.05) is 0 Å². The minimum absolute atomic E-state index is 0.0627. The van der Waals surface area contributed by atoms with E-state index < -0.39 is 0 Å². The molecule has 0 saturated carbocycles. The zero-order valence-electron chi connectivity index (χ0n) is 9.82. The van der Waals surface area contributed by atoms with Crippen LogP contribution >= 0.6 is 11.3 Å². The number of rotatable bonds is 2. The monoisotopic (exact) mass is 249 g/mol. The number of anilines is 2. The van der Waals surface area contributed by atoms with Crippen molar-refractivity contribution < 1.29 is 4.79 Å². The minimum Gasteiger partial charge on any atom is -0.396 e. The number of thiophene rings is 1. The van der Waals surface area contributed by atoms with E-state index in [1.54, 1.807) is 0 Å². The summed E-state index contributed by atoms with van der Waals surface area (Å²) in [7, 11) is 0. The van der Waals surface area contributed by atoms with Crippen molar-refractivity contribution in [2.75, 3.05) is 23.7 Å². The summed E-state index contributed by atoms with van der Waals surface area (Å²) in [4.78, 5) is 14.1. The van der Waals surface area contributed by atoms with Crippen LogP contribution in [-0.2, 0) is 0 Å². The van der Waals surface area contributed by atoms with E-state index in [0.717, 1.165) is 30.9 Å². The molecule has 17 heavy (non-hydrogen) atoms. The van der Waals surface area contributed by atoms with Crippen molar-refractivity contribution in [3.8, 4) is 6.07 Å². The molecule has 1 aliphatic rings. The number of piperidine rings is 1. The summed E-state index contributed by atoms with van der Waals surface area (Å²) in [5.41, 5.74) is 6.69. The zero-order chi connectivity index (χ0) is 12.4. The highest BCUT2D eigenvalue weighted by Gasteiger charge is 2.23. The van der Waals surface area contributed by atoms with Gasteiger partial charge in [0.05, 0.1) is 10.6 Å². The van der Waals surface area contributed by atoms with Crippen LogP contribution in [-0.4, -0.2) is 18.9 Å². The Balaban J connectivity index is 2.42. The zero-order valence-corrected chi connectivity index (χ0v) is 10.6. The average molecular weight is 249 g/mol. The summed E-state index contributed by atoms with van der Waals surface area (Å²) in [6.07, 6.45) is 3.51. The lowest BCUT2D eigenvalue weighted by atomic mass is 10.1. The summed E-state index contributed by atoms with van der Waals surface area (Å²) in [5.74, 6) is -0.0627. The van der Waals surface area contributed by atoms with Gasteiger partial charge in [0.1, 0.15) is 16.6 Å². The molecule has 0 amide bonds. The molecular weight excluding hydrogens is 234 g/mol. The number of Topliss-reactive ketones (excluding diaryl/α,β-unsaturated/α-hetero) is 1. The van der Waals surface area contributed by atoms with Crippen LogP contribution in [0.1, 0.15) is 41.4 Å². The molecular formula is C12H15N3OS. The average Bonchev–Trinajstić information content (AvgIpc) is 2.67. The molecule has 0 radical (unpaired) electrons. The van der Waals surface area contributed by atoms with Gasteiger partial charge < -0.3 is 10.6 Å². The Morgan fingerprint density at radius 3 is 2.59 bits per heavy atom. The van der Waals surface area contributed by atoms with Gasteiger partial charge in [-0.25, -0.2) is 0 Å². The van der Waals surface area contributed by atoms with E-state index in [1.807, 2.05) is 0 Å². The maximum Gasteiger partial charge on any atom is 0.171 e. The molecule has 1 fully saturated rings. The SMILES string of the molecule is CC(=O)c1sc(N2CCCCC2)c(C#N)c1N. The highest BCUT2D eigenvalue weighted by atomic mass is 32.1. The summed E-state index contributed by atoms with van der Waals surface area (Å²) in [5, 5.41) is 10.0. The Bertz CT molecular complexity index is 481. The Hall–Kier alpha value is -1.54. The van der Waals surface area contributed by atoms with Gasteiger partial charge in [-0.2, -0.15) is 5.26 Å². The normalized spacial score (nSPS) is 15.6. The number of hydrogen-bond acceptors (Lipinski definition) is 5. The number of nitriles is 1. The molecule has 1 aromatic heterocycles. The Kier molecular flexibility index (Phi) is 3.34. The second-order valence-electron chi connectivity index (χ2n) is 4.24. The fraction of sp³-hybridized carbons (Fsp3) is 0.500. The lowest BCUT2D eigenvalue weighted by Crippen LogP contribution is -2.29. The van der Waals surface area contributed by atoms with E-state index >= 15 is 0 Å². The molecule has 4 nitrogen and oxygen atoms in total. The van der Waals surface area contributed by atoms with Gasteiger partial charge in [0.15, 0.2) is 5.78 Å². The van der Waals surface area contributed by atoms with E-state index in [9.17, 15) is 4.79 Å². The van der Waals surface area contributed by atoms with Gasteiger partial charge in [-0.3, -0.25) is 4.79 Å². The van der Waals surface area contributed by atoms with Crippen LogP contribution in [0, 0.1) is 11.3 Å². The summed E-state index contributed by atoms with van der Waals surface area (Å²) < 4.78 is 0. The third-order valence-electron chi connectivity index (χ3n) is 3.00. The number of carbonyl (C=O) groups is 1. The van der Waals surface area contributed by atoms with E-state index in [-0.39, 0.29) is 5.78 Å². The van der Waals surface area contributed by atoms with Gasteiger partial charge in [0.25, 0.3) is 0 Å². The van der Waals surface area contributed by atoms with Crippen molar-refractivity contribution >= 4 is 27.8 Å². The molecule has 2 rings (SSSR count). The maximum atomic E-state index is 11.4. The molecule has 2 N–H and O–H groups in total. The number of nitrogen functional groups attached to an aromatic ring is 1. The van der Waals surface area contributed by atoms with Gasteiger partial charge in [0, 0.05) is 20.0 Å². The molecule has 90 valence electrons. The first-order valence-corrected chi connectivity index (χ1v) is 6.55. The Morgan fingerprint density at radius 1 is 1.41 bits per heavy atom. The highest BCUT2D eigenvalue weighted by molar-refractivity contribution is 7.19. The molecule has 1 saturated heterocycles. The minimum atomic E-state index is -0.0627. The summed E-state index contributed by atoms with van der Waals surface area (Å²) in [6.45, 7) is 3.39. The maximum absolute atomic E-state index is 11.4. The number of nitrogens with two attached hydrogens (primary N) is 1. The summed E-state index contributed by atoms with van der Waals surface area (Å²) >= 11 is 1.35. The molecule has 0 spiro atoms. The van der Waals surface area contributed by atoms with Crippen LogP contribution in [0.4, 0.5) is 10.7 Å². The molecule has 0 unspecified atom stereocenters. The first-order chi connectivity index (χ1) is 8.15. The van der Waals surface area contributed by atoms with Crippen LogP contribution in [0.3, 0.4) is 0 Å². The number of nitrogens with zero attached hydrogens (tertiary/aromatic N) is 2.